The molecule has 0 spiro atoms. The summed E-state index contributed by atoms with van der Waals surface area (Å²) in [6, 6.07) is 0. The number of hydrogen-bond acceptors (Lipinski definition) is 2. The van der Waals surface area contributed by atoms with Crippen LogP contribution in [0.1, 0.15) is 64.2 Å². The normalized spacial score (nSPS) is 21.9. The minimum absolute atomic E-state index is 0.0150. The minimum Gasteiger partial charge on any atom is -0.466 e. The Kier molecular flexibility index (Phi) is 7.83. The van der Waals surface area contributed by atoms with E-state index in [1.807, 2.05) is 0 Å². The van der Waals surface area contributed by atoms with Gasteiger partial charge in [0.2, 0.25) is 0 Å². The van der Waals surface area contributed by atoms with Crippen molar-refractivity contribution in [3.63, 3.8) is 0 Å². The second-order valence-corrected chi connectivity index (χ2v) is 4.49. The summed E-state index contributed by atoms with van der Waals surface area (Å²) in [4.78, 5) is 11.3. The Hall–Kier alpha value is -0.790. The fraction of sp³-hybridized carbons (Fsp3) is 0.786. The van der Waals surface area contributed by atoms with Crippen molar-refractivity contribution in [3.05, 3.63) is 12.2 Å². The lowest BCUT2D eigenvalue weighted by Crippen LogP contribution is -2.05. The molecule has 1 aliphatic heterocycles. The second kappa shape index (κ2) is 9.44. The predicted molar refractivity (Wildman–Crippen MR) is 66.3 cm³/mol. The zero-order chi connectivity index (χ0) is 11.5. The molecule has 2 nitrogen and oxygen atoms in total. The Labute approximate surface area is 99.1 Å². The summed E-state index contributed by atoms with van der Waals surface area (Å²) in [5, 5.41) is 0. The van der Waals surface area contributed by atoms with Gasteiger partial charge in [0.15, 0.2) is 0 Å². The van der Waals surface area contributed by atoms with Gasteiger partial charge in [0.05, 0.1) is 6.61 Å². The third-order valence-electron chi connectivity index (χ3n) is 2.95. The predicted octanol–water partition coefficient (Wildman–Crippen LogP) is 4.00. The molecule has 0 N–H and O–H groups in total. The third-order valence-corrected chi connectivity index (χ3v) is 2.95. The lowest BCUT2D eigenvalue weighted by Gasteiger charge is -2.03. The van der Waals surface area contributed by atoms with Gasteiger partial charge in [-0.1, -0.05) is 37.8 Å². The van der Waals surface area contributed by atoms with Gasteiger partial charge in [-0.25, -0.2) is 0 Å². The van der Waals surface area contributed by atoms with Gasteiger partial charge in [-0.15, -0.1) is 0 Å². The third kappa shape index (κ3) is 7.49. The topological polar surface area (TPSA) is 26.3 Å². The van der Waals surface area contributed by atoms with E-state index in [0.717, 1.165) is 19.3 Å². The Morgan fingerprint density at radius 3 is 2.25 bits per heavy atom. The van der Waals surface area contributed by atoms with E-state index in [2.05, 4.69) is 12.2 Å². The molecule has 16 heavy (non-hydrogen) atoms. The number of allylic oxidation sites excluding steroid dienone is 2. The van der Waals surface area contributed by atoms with E-state index in [1.54, 1.807) is 0 Å². The van der Waals surface area contributed by atoms with Crippen LogP contribution < -0.4 is 0 Å². The summed E-state index contributed by atoms with van der Waals surface area (Å²) in [6.07, 6.45) is 15.7. The van der Waals surface area contributed by atoms with E-state index in [-0.39, 0.29) is 5.97 Å². The van der Waals surface area contributed by atoms with Gasteiger partial charge in [0.1, 0.15) is 0 Å². The summed E-state index contributed by atoms with van der Waals surface area (Å²) >= 11 is 0. The molecule has 0 saturated heterocycles. The van der Waals surface area contributed by atoms with E-state index in [4.69, 9.17) is 4.74 Å². The van der Waals surface area contributed by atoms with Crippen molar-refractivity contribution >= 4 is 5.97 Å². The van der Waals surface area contributed by atoms with Crippen LogP contribution in [0.2, 0.25) is 0 Å². The highest BCUT2D eigenvalue weighted by Crippen LogP contribution is 2.10. The highest BCUT2D eigenvalue weighted by Gasteiger charge is 2.02. The fourth-order valence-corrected chi connectivity index (χ4v) is 1.93. The van der Waals surface area contributed by atoms with Crippen molar-refractivity contribution in [1.82, 2.24) is 0 Å². The summed E-state index contributed by atoms with van der Waals surface area (Å²) in [7, 11) is 0. The van der Waals surface area contributed by atoms with Crippen LogP contribution in [0.4, 0.5) is 0 Å². The van der Waals surface area contributed by atoms with Gasteiger partial charge >= 0.3 is 5.97 Å². The van der Waals surface area contributed by atoms with Gasteiger partial charge in [-0.2, -0.15) is 0 Å². The van der Waals surface area contributed by atoms with Crippen molar-refractivity contribution in [2.24, 2.45) is 0 Å². The van der Waals surface area contributed by atoms with E-state index >= 15 is 0 Å². The standard InChI is InChI=1S/C14H24O2/c15-14-12-10-8-6-4-2-1-3-5-7-9-11-13-16-14/h5,7H,1-4,6,8-13H2. The SMILES string of the molecule is O=C1CCCCCCCCC=CCCCO1. The molecule has 0 radical (unpaired) electrons. The first-order valence-corrected chi connectivity index (χ1v) is 6.70. The van der Waals surface area contributed by atoms with E-state index < -0.39 is 0 Å². The molecule has 0 atom stereocenters. The van der Waals surface area contributed by atoms with Crippen LogP contribution in [0.3, 0.4) is 0 Å². The summed E-state index contributed by atoms with van der Waals surface area (Å²) in [5.41, 5.74) is 0. The first-order valence-electron chi connectivity index (χ1n) is 6.70. The molecule has 1 rings (SSSR count). The Morgan fingerprint density at radius 1 is 0.812 bits per heavy atom. The highest BCUT2D eigenvalue weighted by atomic mass is 16.5. The number of carbonyl (C=O) groups is 1. The van der Waals surface area contributed by atoms with Gasteiger partial charge in [0.25, 0.3) is 0 Å². The molecule has 0 fully saturated rings. The molecular formula is C14H24O2. The number of esters is 1. The van der Waals surface area contributed by atoms with Gasteiger partial charge in [-0.05, 0) is 32.1 Å². The van der Waals surface area contributed by atoms with Crippen molar-refractivity contribution in [3.8, 4) is 0 Å². The maximum atomic E-state index is 11.3. The molecule has 0 aromatic carbocycles. The van der Waals surface area contributed by atoms with Crippen molar-refractivity contribution in [1.29, 1.82) is 0 Å². The number of ether oxygens (including phenoxy) is 1. The largest absolute Gasteiger partial charge is 0.466 e. The molecule has 0 unspecified atom stereocenters. The maximum Gasteiger partial charge on any atom is 0.305 e. The van der Waals surface area contributed by atoms with Crippen LogP contribution in [-0.2, 0) is 9.53 Å². The van der Waals surface area contributed by atoms with Crippen molar-refractivity contribution < 1.29 is 9.53 Å². The molecular weight excluding hydrogens is 200 g/mol. The molecule has 0 aliphatic carbocycles. The van der Waals surface area contributed by atoms with Gasteiger partial charge in [-0.3, -0.25) is 4.79 Å². The molecule has 0 bridgehead atoms. The monoisotopic (exact) mass is 224 g/mol. The van der Waals surface area contributed by atoms with Crippen LogP contribution in [-0.4, -0.2) is 12.6 Å². The van der Waals surface area contributed by atoms with E-state index in [0.29, 0.717) is 13.0 Å². The number of rotatable bonds is 0. The average molecular weight is 224 g/mol. The minimum atomic E-state index is -0.0150. The smallest absolute Gasteiger partial charge is 0.305 e. The van der Waals surface area contributed by atoms with Crippen LogP contribution in [0.5, 0.6) is 0 Å². The summed E-state index contributed by atoms with van der Waals surface area (Å²) < 4.78 is 5.15. The molecule has 92 valence electrons. The zero-order valence-electron chi connectivity index (χ0n) is 10.2. The summed E-state index contributed by atoms with van der Waals surface area (Å²) in [6.45, 7) is 0.586. The molecule has 0 aromatic heterocycles. The Balaban J connectivity index is 2.20. The first kappa shape index (κ1) is 13.3. The zero-order valence-corrected chi connectivity index (χ0v) is 10.2. The number of hydrogen-bond donors (Lipinski definition) is 0. The summed E-state index contributed by atoms with van der Waals surface area (Å²) in [5.74, 6) is -0.0150. The second-order valence-electron chi connectivity index (χ2n) is 4.49. The molecule has 0 aromatic rings. The first-order chi connectivity index (χ1) is 7.89. The maximum absolute atomic E-state index is 11.3. The Morgan fingerprint density at radius 2 is 1.44 bits per heavy atom. The van der Waals surface area contributed by atoms with Crippen molar-refractivity contribution in [2.75, 3.05) is 6.61 Å². The van der Waals surface area contributed by atoms with Crippen LogP contribution in [0.15, 0.2) is 12.2 Å². The lowest BCUT2D eigenvalue weighted by molar-refractivity contribution is -0.143. The van der Waals surface area contributed by atoms with Crippen LogP contribution in [0.25, 0.3) is 0 Å². The van der Waals surface area contributed by atoms with Gasteiger partial charge < -0.3 is 4.74 Å². The number of carbonyl (C=O) groups excluding carboxylic acids is 1. The molecule has 0 amide bonds. The van der Waals surface area contributed by atoms with Gasteiger partial charge in [0, 0.05) is 6.42 Å². The fourth-order valence-electron chi connectivity index (χ4n) is 1.93. The van der Waals surface area contributed by atoms with Crippen LogP contribution >= 0.6 is 0 Å². The molecule has 1 heterocycles. The van der Waals surface area contributed by atoms with E-state index in [1.165, 1.54) is 38.5 Å². The molecule has 0 saturated carbocycles. The average Bonchev–Trinajstić information content (AvgIpc) is 2.29. The molecule has 2 heteroatoms. The molecule has 1 aliphatic rings. The quantitative estimate of drug-likeness (QED) is 0.459. The highest BCUT2D eigenvalue weighted by molar-refractivity contribution is 5.69. The van der Waals surface area contributed by atoms with E-state index in [9.17, 15) is 4.79 Å². The Bertz CT molecular complexity index is 209. The van der Waals surface area contributed by atoms with Crippen molar-refractivity contribution in [2.45, 2.75) is 64.2 Å². The van der Waals surface area contributed by atoms with Crippen LogP contribution in [0, 0.1) is 0 Å². The lowest BCUT2D eigenvalue weighted by atomic mass is 10.1. The number of cyclic esters (lactones) is 1.